The van der Waals surface area contributed by atoms with Crippen LogP contribution in [0, 0.1) is 0 Å². The Morgan fingerprint density at radius 2 is 2.00 bits per heavy atom. The van der Waals surface area contributed by atoms with E-state index in [0.717, 1.165) is 10.2 Å². The molecule has 24 heavy (non-hydrogen) atoms. The summed E-state index contributed by atoms with van der Waals surface area (Å²) in [4.78, 5) is 12.4. The van der Waals surface area contributed by atoms with Crippen LogP contribution in [0.4, 0.5) is 0 Å². The van der Waals surface area contributed by atoms with Gasteiger partial charge in [0.15, 0.2) is 0 Å². The predicted octanol–water partition coefficient (Wildman–Crippen LogP) is 2.88. The molecule has 1 N–H and O–H groups in total. The molecule has 0 spiro atoms. The van der Waals surface area contributed by atoms with Gasteiger partial charge in [0, 0.05) is 10.0 Å². The molecule has 0 fully saturated rings. The van der Waals surface area contributed by atoms with Gasteiger partial charge in [-0.1, -0.05) is 28.1 Å². The third-order valence-corrected chi connectivity index (χ3v) is 4.11. The predicted molar refractivity (Wildman–Crippen MR) is 94.7 cm³/mol. The Morgan fingerprint density at radius 3 is 2.62 bits per heavy atom. The van der Waals surface area contributed by atoms with E-state index in [2.05, 4.69) is 15.9 Å². The molecule has 0 aliphatic carbocycles. The number of quaternary nitrogens is 1. The number of hydrogen-bond donors (Lipinski definition) is 1. The maximum absolute atomic E-state index is 12.4. The molecule has 0 unspecified atom stereocenters. The van der Waals surface area contributed by atoms with Crippen LogP contribution in [0.25, 0.3) is 0 Å². The first-order chi connectivity index (χ1) is 11.4. The molecular formula is C18H23BrNO4+. The van der Waals surface area contributed by atoms with Gasteiger partial charge in [0.1, 0.15) is 31.6 Å². The first-order valence-electron chi connectivity index (χ1n) is 7.75. The summed E-state index contributed by atoms with van der Waals surface area (Å²) < 4.78 is 11.9. The van der Waals surface area contributed by atoms with Crippen molar-refractivity contribution in [1.29, 1.82) is 0 Å². The van der Waals surface area contributed by atoms with Gasteiger partial charge in [-0.05, 0) is 24.3 Å². The molecule has 0 aliphatic heterocycles. The fourth-order valence-corrected chi connectivity index (χ4v) is 2.76. The SMILES string of the molecule is C[N+](C)(CC(=O)c1ccc(Br)cc1)C[C@H](O)COCc1ccco1. The van der Waals surface area contributed by atoms with Crippen molar-refractivity contribution in [2.24, 2.45) is 0 Å². The molecule has 1 heterocycles. The zero-order chi connectivity index (χ0) is 17.6. The fraction of sp³-hybridized carbons (Fsp3) is 0.389. The minimum atomic E-state index is -0.646. The van der Waals surface area contributed by atoms with Crippen LogP contribution in [0.15, 0.2) is 51.6 Å². The number of halogens is 1. The summed E-state index contributed by atoms with van der Waals surface area (Å²) in [5.74, 6) is 0.776. The van der Waals surface area contributed by atoms with Crippen LogP contribution in [0.2, 0.25) is 0 Å². The minimum absolute atomic E-state index is 0.0520. The molecule has 1 aromatic carbocycles. The summed E-state index contributed by atoms with van der Waals surface area (Å²) in [5.41, 5.74) is 0.674. The molecule has 0 saturated carbocycles. The van der Waals surface area contributed by atoms with E-state index in [1.54, 1.807) is 24.5 Å². The van der Waals surface area contributed by atoms with Gasteiger partial charge in [0.2, 0.25) is 5.78 Å². The molecule has 1 atom stereocenters. The number of rotatable bonds is 9. The lowest BCUT2D eigenvalue weighted by Crippen LogP contribution is -2.49. The molecule has 2 rings (SSSR count). The summed E-state index contributed by atoms with van der Waals surface area (Å²) >= 11 is 3.36. The third-order valence-electron chi connectivity index (χ3n) is 3.58. The Balaban J connectivity index is 1.78. The molecule has 130 valence electrons. The van der Waals surface area contributed by atoms with E-state index in [9.17, 15) is 9.90 Å². The largest absolute Gasteiger partial charge is 0.467 e. The van der Waals surface area contributed by atoms with Gasteiger partial charge in [-0.25, -0.2) is 0 Å². The van der Waals surface area contributed by atoms with Crippen LogP contribution in [0.3, 0.4) is 0 Å². The van der Waals surface area contributed by atoms with Crippen molar-refractivity contribution in [1.82, 2.24) is 0 Å². The highest BCUT2D eigenvalue weighted by atomic mass is 79.9. The van der Waals surface area contributed by atoms with E-state index < -0.39 is 6.10 Å². The van der Waals surface area contributed by atoms with Crippen molar-refractivity contribution in [3.8, 4) is 0 Å². The molecule has 0 aliphatic rings. The second kappa shape index (κ2) is 8.58. The van der Waals surface area contributed by atoms with Crippen molar-refractivity contribution in [3.05, 3.63) is 58.5 Å². The number of carbonyl (C=O) groups excluding carboxylic acids is 1. The van der Waals surface area contributed by atoms with Crippen molar-refractivity contribution in [3.63, 3.8) is 0 Å². The van der Waals surface area contributed by atoms with Crippen LogP contribution in [-0.4, -0.2) is 55.3 Å². The van der Waals surface area contributed by atoms with Crippen LogP contribution in [-0.2, 0) is 11.3 Å². The Kier molecular flexibility index (Phi) is 6.74. The fourth-order valence-electron chi connectivity index (χ4n) is 2.49. The van der Waals surface area contributed by atoms with E-state index in [-0.39, 0.29) is 12.4 Å². The van der Waals surface area contributed by atoms with Crippen LogP contribution in [0.5, 0.6) is 0 Å². The highest BCUT2D eigenvalue weighted by Gasteiger charge is 2.25. The van der Waals surface area contributed by atoms with Crippen LogP contribution in [0.1, 0.15) is 16.1 Å². The molecule has 6 heteroatoms. The average molecular weight is 397 g/mol. The van der Waals surface area contributed by atoms with E-state index in [4.69, 9.17) is 9.15 Å². The summed E-state index contributed by atoms with van der Waals surface area (Å²) in [6.07, 6.45) is 0.940. The lowest BCUT2D eigenvalue weighted by atomic mass is 10.1. The van der Waals surface area contributed by atoms with Crippen LogP contribution < -0.4 is 0 Å². The number of carbonyl (C=O) groups is 1. The number of Topliss-reactive ketones (excluding diaryl/α,β-unsaturated/α-hetero) is 1. The molecule has 5 nitrogen and oxygen atoms in total. The van der Waals surface area contributed by atoms with Gasteiger partial charge < -0.3 is 18.7 Å². The Bertz CT molecular complexity index is 638. The number of likely N-dealkylation sites (N-methyl/N-ethyl adjacent to an activating group) is 1. The second-order valence-corrected chi connectivity index (χ2v) is 7.37. The van der Waals surface area contributed by atoms with E-state index in [1.165, 1.54) is 0 Å². The number of aliphatic hydroxyl groups is 1. The van der Waals surface area contributed by atoms with Crippen LogP contribution >= 0.6 is 15.9 Å². The Morgan fingerprint density at radius 1 is 1.29 bits per heavy atom. The summed E-state index contributed by atoms with van der Waals surface area (Å²) in [5, 5.41) is 10.1. The summed E-state index contributed by atoms with van der Waals surface area (Å²) in [6.45, 7) is 1.28. The number of nitrogens with zero attached hydrogens (tertiary/aromatic N) is 1. The standard InChI is InChI=1S/C18H23BrNO4/c1-20(2,11-18(22)14-5-7-15(19)8-6-14)10-16(21)12-23-13-17-4-3-9-24-17/h3-9,16,21H,10-13H2,1-2H3/q+1/t16-/m0/s1. The maximum Gasteiger partial charge on any atom is 0.216 e. The Hall–Kier alpha value is -1.47. The zero-order valence-electron chi connectivity index (χ0n) is 13.9. The van der Waals surface area contributed by atoms with Crippen molar-refractivity contribution in [2.75, 3.05) is 33.8 Å². The number of ether oxygens (including phenoxy) is 1. The number of benzene rings is 1. The number of aliphatic hydroxyl groups excluding tert-OH is 1. The number of furan rings is 1. The smallest absolute Gasteiger partial charge is 0.216 e. The lowest BCUT2D eigenvalue weighted by Gasteiger charge is -2.31. The molecule has 0 saturated heterocycles. The van der Waals surface area contributed by atoms with E-state index >= 15 is 0 Å². The average Bonchev–Trinajstić information content (AvgIpc) is 3.00. The number of hydrogen-bond acceptors (Lipinski definition) is 4. The van der Waals surface area contributed by atoms with Gasteiger partial charge in [-0.2, -0.15) is 0 Å². The lowest BCUT2D eigenvalue weighted by molar-refractivity contribution is -0.885. The van der Waals surface area contributed by atoms with E-state index in [0.29, 0.717) is 29.7 Å². The molecule has 1 aromatic heterocycles. The van der Waals surface area contributed by atoms with Crippen molar-refractivity contribution in [2.45, 2.75) is 12.7 Å². The van der Waals surface area contributed by atoms with Gasteiger partial charge in [0.05, 0.1) is 27.0 Å². The highest BCUT2D eigenvalue weighted by molar-refractivity contribution is 9.10. The van der Waals surface area contributed by atoms with Gasteiger partial charge in [0.25, 0.3) is 0 Å². The van der Waals surface area contributed by atoms with Crippen molar-refractivity contribution < 1.29 is 23.5 Å². The summed E-state index contributed by atoms with van der Waals surface area (Å²) in [6, 6.07) is 10.9. The van der Waals surface area contributed by atoms with Gasteiger partial charge in [-0.15, -0.1) is 0 Å². The monoisotopic (exact) mass is 396 g/mol. The molecule has 0 amide bonds. The Labute approximate surface area is 150 Å². The van der Waals surface area contributed by atoms with Gasteiger partial charge in [-0.3, -0.25) is 4.79 Å². The topological polar surface area (TPSA) is 59.7 Å². The second-order valence-electron chi connectivity index (χ2n) is 6.45. The zero-order valence-corrected chi connectivity index (χ0v) is 15.5. The summed E-state index contributed by atoms with van der Waals surface area (Å²) in [7, 11) is 3.85. The van der Waals surface area contributed by atoms with Crippen molar-refractivity contribution >= 4 is 21.7 Å². The quantitative estimate of drug-likeness (QED) is 0.522. The first kappa shape index (κ1) is 18.9. The molecule has 0 bridgehead atoms. The highest BCUT2D eigenvalue weighted by Crippen LogP contribution is 2.13. The third kappa shape index (κ3) is 6.20. The molecule has 0 radical (unpaired) electrons. The number of ketones is 1. The van der Waals surface area contributed by atoms with E-state index in [1.807, 2.05) is 32.3 Å². The minimum Gasteiger partial charge on any atom is -0.467 e. The first-order valence-corrected chi connectivity index (χ1v) is 8.54. The normalized spacial score (nSPS) is 13.0. The molecular weight excluding hydrogens is 374 g/mol. The molecule has 2 aromatic rings. The maximum atomic E-state index is 12.4. The van der Waals surface area contributed by atoms with Gasteiger partial charge >= 0.3 is 0 Å².